The molecule has 1 aromatic carbocycles. The molecular weight excluding hydrogens is 234 g/mol. The quantitative estimate of drug-likeness (QED) is 0.364. The molecule has 0 fully saturated rings. The van der Waals surface area contributed by atoms with Gasteiger partial charge in [0.1, 0.15) is 17.7 Å². The molecule has 0 unspecified atom stereocenters. The summed E-state index contributed by atoms with van der Waals surface area (Å²) >= 11 is 0. The lowest BCUT2D eigenvalue weighted by molar-refractivity contribution is 0.0901. The van der Waals surface area contributed by atoms with Crippen molar-refractivity contribution in [2.45, 2.75) is 18.9 Å². The first kappa shape index (κ1) is 12.2. The maximum atomic E-state index is 8.49. The average Bonchev–Trinajstić information content (AvgIpc) is 2.87. The second-order valence-corrected chi connectivity index (χ2v) is 3.99. The zero-order valence-corrected chi connectivity index (χ0v) is 10.0. The van der Waals surface area contributed by atoms with Crippen LogP contribution in [0.3, 0.4) is 0 Å². The summed E-state index contributed by atoms with van der Waals surface area (Å²) in [4.78, 5) is 5.23. The number of rotatable bonds is 4. The molecule has 0 saturated heterocycles. The molecule has 6 nitrogen and oxygen atoms in total. The number of hydrogen-bond donors (Lipinski definition) is 2. The van der Waals surface area contributed by atoms with Crippen molar-refractivity contribution in [2.75, 3.05) is 7.11 Å². The number of methoxy groups -OCH3 is 1. The number of oxime groups is 2. The van der Waals surface area contributed by atoms with Crippen molar-refractivity contribution < 1.29 is 14.8 Å². The van der Waals surface area contributed by atoms with Crippen LogP contribution < -0.4 is 10.5 Å². The van der Waals surface area contributed by atoms with E-state index in [4.69, 9.17) is 20.5 Å². The largest absolute Gasteiger partial charge is 0.497 e. The maximum absolute atomic E-state index is 8.49. The standard InChI is InChI=1S/C12H15N3O3/c1-17-9-4-2-8(3-5-9)11-6-10(18-15-11)7-12(13)14-16/h2-5,10,16H,6-7H2,1H3,(H2,13,14)/t10-/m1/s1. The monoisotopic (exact) mass is 249 g/mol. The summed E-state index contributed by atoms with van der Waals surface area (Å²) in [6.07, 6.45) is 0.834. The molecule has 1 aromatic rings. The van der Waals surface area contributed by atoms with Crippen LogP contribution in [0.5, 0.6) is 5.75 Å². The summed E-state index contributed by atoms with van der Waals surface area (Å²) in [6, 6.07) is 7.59. The number of ether oxygens (including phenoxy) is 1. The minimum absolute atomic E-state index is 0.145. The fourth-order valence-corrected chi connectivity index (χ4v) is 1.77. The molecular formula is C12H15N3O3. The van der Waals surface area contributed by atoms with Crippen LogP contribution in [0, 0.1) is 0 Å². The molecule has 96 valence electrons. The minimum atomic E-state index is -0.169. The lowest BCUT2D eigenvalue weighted by atomic mass is 10.0. The molecule has 0 amide bonds. The van der Waals surface area contributed by atoms with Crippen molar-refractivity contribution >= 4 is 11.5 Å². The van der Waals surface area contributed by atoms with Crippen LogP contribution in [-0.2, 0) is 4.84 Å². The Hall–Kier alpha value is -2.24. The van der Waals surface area contributed by atoms with Gasteiger partial charge in [0.2, 0.25) is 0 Å². The zero-order valence-electron chi connectivity index (χ0n) is 10.0. The van der Waals surface area contributed by atoms with Gasteiger partial charge in [-0.25, -0.2) is 0 Å². The van der Waals surface area contributed by atoms with Gasteiger partial charge in [0, 0.05) is 12.8 Å². The van der Waals surface area contributed by atoms with Gasteiger partial charge in [0.25, 0.3) is 0 Å². The van der Waals surface area contributed by atoms with Gasteiger partial charge < -0.3 is 20.5 Å². The van der Waals surface area contributed by atoms with Gasteiger partial charge in [0.15, 0.2) is 0 Å². The highest BCUT2D eigenvalue weighted by Crippen LogP contribution is 2.20. The average molecular weight is 249 g/mol. The van der Waals surface area contributed by atoms with Crippen molar-refractivity contribution in [3.8, 4) is 5.75 Å². The molecule has 1 heterocycles. The second kappa shape index (κ2) is 5.39. The molecule has 1 aliphatic heterocycles. The fourth-order valence-electron chi connectivity index (χ4n) is 1.77. The Labute approximate surface area is 105 Å². The van der Waals surface area contributed by atoms with E-state index in [0.717, 1.165) is 17.0 Å². The first-order chi connectivity index (χ1) is 8.72. The number of amidine groups is 1. The van der Waals surface area contributed by atoms with E-state index in [0.29, 0.717) is 12.8 Å². The highest BCUT2D eigenvalue weighted by atomic mass is 16.6. The molecule has 6 heteroatoms. The van der Waals surface area contributed by atoms with Crippen molar-refractivity contribution in [3.63, 3.8) is 0 Å². The number of hydrogen-bond acceptors (Lipinski definition) is 5. The highest BCUT2D eigenvalue weighted by molar-refractivity contribution is 6.01. The molecule has 0 aliphatic carbocycles. The molecule has 18 heavy (non-hydrogen) atoms. The summed E-state index contributed by atoms with van der Waals surface area (Å²) in [7, 11) is 1.62. The summed E-state index contributed by atoms with van der Waals surface area (Å²) in [5.41, 5.74) is 7.27. The predicted octanol–water partition coefficient (Wildman–Crippen LogP) is 1.32. The molecule has 0 saturated carbocycles. The van der Waals surface area contributed by atoms with Crippen LogP contribution in [0.2, 0.25) is 0 Å². The van der Waals surface area contributed by atoms with E-state index < -0.39 is 0 Å². The van der Waals surface area contributed by atoms with Crippen LogP contribution >= 0.6 is 0 Å². The van der Waals surface area contributed by atoms with Crippen LogP contribution in [-0.4, -0.2) is 30.0 Å². The molecule has 0 spiro atoms. The Balaban J connectivity index is 1.99. The van der Waals surface area contributed by atoms with Crippen molar-refractivity contribution in [2.24, 2.45) is 16.0 Å². The van der Waals surface area contributed by atoms with E-state index in [2.05, 4.69) is 10.3 Å². The third kappa shape index (κ3) is 2.71. The SMILES string of the molecule is COc1ccc(C2=NO[C@@H](C/C(N)=N\O)C2)cc1. The normalized spacial score (nSPS) is 19.3. The smallest absolute Gasteiger partial charge is 0.142 e. The third-order valence-electron chi connectivity index (χ3n) is 2.72. The van der Waals surface area contributed by atoms with Crippen LogP contribution in [0.1, 0.15) is 18.4 Å². The van der Waals surface area contributed by atoms with Crippen LogP contribution in [0.4, 0.5) is 0 Å². The predicted molar refractivity (Wildman–Crippen MR) is 67.0 cm³/mol. The zero-order chi connectivity index (χ0) is 13.0. The lowest BCUT2D eigenvalue weighted by Crippen LogP contribution is -2.20. The molecule has 3 N–H and O–H groups in total. The van der Waals surface area contributed by atoms with Crippen LogP contribution in [0.25, 0.3) is 0 Å². The van der Waals surface area contributed by atoms with Crippen molar-refractivity contribution in [1.82, 2.24) is 0 Å². The van der Waals surface area contributed by atoms with Gasteiger partial charge >= 0.3 is 0 Å². The van der Waals surface area contributed by atoms with Gasteiger partial charge in [-0.15, -0.1) is 0 Å². The van der Waals surface area contributed by atoms with Gasteiger partial charge in [-0.3, -0.25) is 0 Å². The number of benzene rings is 1. The Morgan fingerprint density at radius 3 is 2.89 bits per heavy atom. The Morgan fingerprint density at radius 1 is 1.56 bits per heavy atom. The van der Waals surface area contributed by atoms with Gasteiger partial charge in [0.05, 0.1) is 12.8 Å². The summed E-state index contributed by atoms with van der Waals surface area (Å²) in [6.45, 7) is 0. The first-order valence-electron chi connectivity index (χ1n) is 5.56. The van der Waals surface area contributed by atoms with Crippen molar-refractivity contribution in [1.29, 1.82) is 0 Å². The van der Waals surface area contributed by atoms with Crippen LogP contribution in [0.15, 0.2) is 34.6 Å². The minimum Gasteiger partial charge on any atom is -0.497 e. The molecule has 0 bridgehead atoms. The summed E-state index contributed by atoms with van der Waals surface area (Å²) in [5, 5.41) is 15.4. The van der Waals surface area contributed by atoms with Gasteiger partial charge in [-0.05, 0) is 29.8 Å². The molecule has 0 aromatic heterocycles. The molecule has 2 rings (SSSR count). The summed E-state index contributed by atoms with van der Waals surface area (Å²) < 4.78 is 5.09. The lowest BCUT2D eigenvalue weighted by Gasteiger charge is -2.05. The second-order valence-electron chi connectivity index (χ2n) is 3.99. The Kier molecular flexibility index (Phi) is 3.66. The topological polar surface area (TPSA) is 89.4 Å². The Morgan fingerprint density at radius 2 is 2.28 bits per heavy atom. The van der Waals surface area contributed by atoms with E-state index in [-0.39, 0.29) is 11.9 Å². The van der Waals surface area contributed by atoms with Gasteiger partial charge in [-0.1, -0.05) is 10.3 Å². The van der Waals surface area contributed by atoms with E-state index in [9.17, 15) is 0 Å². The fraction of sp³-hybridized carbons (Fsp3) is 0.333. The van der Waals surface area contributed by atoms with Gasteiger partial charge in [-0.2, -0.15) is 0 Å². The molecule has 1 aliphatic rings. The first-order valence-corrected chi connectivity index (χ1v) is 5.56. The molecule has 0 radical (unpaired) electrons. The number of nitrogens with two attached hydrogens (primary N) is 1. The Bertz CT molecular complexity index is 468. The van der Waals surface area contributed by atoms with Crippen molar-refractivity contribution in [3.05, 3.63) is 29.8 Å². The highest BCUT2D eigenvalue weighted by Gasteiger charge is 2.23. The molecule has 1 atom stereocenters. The third-order valence-corrected chi connectivity index (χ3v) is 2.72. The van der Waals surface area contributed by atoms with E-state index in [1.807, 2.05) is 24.3 Å². The number of nitrogens with zero attached hydrogens (tertiary/aromatic N) is 2. The van der Waals surface area contributed by atoms with E-state index >= 15 is 0 Å². The maximum Gasteiger partial charge on any atom is 0.142 e. The van der Waals surface area contributed by atoms with E-state index in [1.165, 1.54) is 0 Å². The summed E-state index contributed by atoms with van der Waals surface area (Å²) in [5.74, 6) is 0.942. The van der Waals surface area contributed by atoms with E-state index in [1.54, 1.807) is 7.11 Å².